The van der Waals surface area contributed by atoms with Gasteiger partial charge in [-0.1, -0.05) is 182 Å². The van der Waals surface area contributed by atoms with Crippen molar-refractivity contribution in [1.82, 2.24) is 19.6 Å². The molecule has 4 heterocycles. The molecule has 0 amide bonds. The van der Waals surface area contributed by atoms with Gasteiger partial charge in [0.2, 0.25) is 0 Å². The lowest BCUT2D eigenvalue weighted by atomic mass is 9.77. The summed E-state index contributed by atoms with van der Waals surface area (Å²) in [6, 6.07) is 67.6. The number of benzene rings is 8. The number of anilines is 4. The second-order valence-electron chi connectivity index (χ2n) is 18.7. The van der Waals surface area contributed by atoms with Crippen LogP contribution in [0.4, 0.5) is 34.4 Å². The standard InChI is InChI=1S/C30H25N5O5.C30H29N5O/c36-34(37)27-20-25-26(21-28(27)35(38)39)33(31-29(25)32-16-18-40-19-17-32)30(22-10-4-1-5-11-22,23-12-6-2-7-13-23)24-14-8-3-9-15-24;31-26-20-25-28(21-27(26)32)35(33-29(25)34-16-18-36-19-17-34)30(22-10-4-1-5-11-22,23-12-6-2-7-13-23)24-14-8-3-9-15-24/h1-15,20-21H,16-19H2;1-15,20-21H,16-19,31-32H2. The highest BCUT2D eigenvalue weighted by Crippen LogP contribution is 2.47. The molecule has 380 valence electrons. The minimum Gasteiger partial charge on any atom is -0.397 e. The predicted molar refractivity (Wildman–Crippen MR) is 297 cm³/mol. The van der Waals surface area contributed by atoms with E-state index in [4.69, 9.17) is 31.1 Å². The van der Waals surface area contributed by atoms with Gasteiger partial charge in [-0.2, -0.15) is 10.2 Å². The first-order valence-corrected chi connectivity index (χ1v) is 25.1. The van der Waals surface area contributed by atoms with Crippen molar-refractivity contribution in [3.05, 3.63) is 260 Å². The fraction of sp³-hybridized carbons (Fsp3) is 0.167. The molecule has 10 aromatic rings. The molecule has 0 saturated carbocycles. The number of rotatable bonds is 12. The molecular weight excluding hydrogens is 957 g/mol. The smallest absolute Gasteiger partial charge is 0.348 e. The van der Waals surface area contributed by atoms with Crippen molar-refractivity contribution >= 4 is 56.2 Å². The lowest BCUT2D eigenvalue weighted by Crippen LogP contribution is -2.40. The molecular formula is C60H54N10O6. The van der Waals surface area contributed by atoms with E-state index in [1.165, 1.54) is 12.1 Å². The summed E-state index contributed by atoms with van der Waals surface area (Å²) in [6.07, 6.45) is 0. The van der Waals surface area contributed by atoms with Crippen LogP contribution < -0.4 is 21.3 Å². The number of nitrogen functional groups attached to an aromatic ring is 2. The Morgan fingerprint density at radius 3 is 1.00 bits per heavy atom. The van der Waals surface area contributed by atoms with Crippen LogP contribution in [0.3, 0.4) is 0 Å². The lowest BCUT2D eigenvalue weighted by molar-refractivity contribution is -0.422. The van der Waals surface area contributed by atoms with E-state index in [-0.39, 0.29) is 0 Å². The summed E-state index contributed by atoms with van der Waals surface area (Å²) in [7, 11) is 0. The summed E-state index contributed by atoms with van der Waals surface area (Å²) < 4.78 is 15.1. The number of nitrogens with two attached hydrogens (primary N) is 2. The van der Waals surface area contributed by atoms with Gasteiger partial charge >= 0.3 is 11.4 Å². The van der Waals surface area contributed by atoms with Gasteiger partial charge in [0.25, 0.3) is 0 Å². The van der Waals surface area contributed by atoms with Crippen LogP contribution in [0.15, 0.2) is 206 Å². The molecule has 2 aliphatic heterocycles. The normalized spacial score (nSPS) is 14.1. The number of morpholine rings is 2. The molecule has 8 aromatic carbocycles. The summed E-state index contributed by atoms with van der Waals surface area (Å²) in [5.74, 6) is 1.41. The molecule has 12 rings (SSSR count). The number of aromatic nitrogens is 4. The van der Waals surface area contributed by atoms with E-state index in [1.807, 2.05) is 126 Å². The largest absolute Gasteiger partial charge is 0.397 e. The van der Waals surface area contributed by atoms with Crippen LogP contribution in [0, 0.1) is 20.2 Å². The number of hydrogen-bond donors (Lipinski definition) is 2. The molecule has 2 aromatic heterocycles. The highest BCUT2D eigenvalue weighted by molar-refractivity contribution is 5.98. The SMILES string of the molecule is Nc1cc2c(N3CCOCC3)nn(C(c3ccccc3)(c3ccccc3)c3ccccc3)c2cc1N.O=[N+]([O-])c1cc2c(N3CCOCC3)nn(C(c3ccccc3)(c3ccccc3)c3ccccc3)c2cc1[N+](=O)[O-]. The summed E-state index contributed by atoms with van der Waals surface area (Å²) in [6.45, 7) is 4.89. The zero-order valence-corrected chi connectivity index (χ0v) is 41.5. The molecule has 0 radical (unpaired) electrons. The van der Waals surface area contributed by atoms with Crippen molar-refractivity contribution in [3.8, 4) is 0 Å². The highest BCUT2D eigenvalue weighted by Gasteiger charge is 2.44. The van der Waals surface area contributed by atoms with Gasteiger partial charge in [0.15, 0.2) is 11.6 Å². The number of nitro groups is 2. The van der Waals surface area contributed by atoms with Crippen molar-refractivity contribution < 1.29 is 19.3 Å². The second kappa shape index (κ2) is 20.9. The van der Waals surface area contributed by atoms with E-state index in [0.29, 0.717) is 67.6 Å². The Labute approximate surface area is 438 Å². The van der Waals surface area contributed by atoms with Crippen LogP contribution in [0.2, 0.25) is 0 Å². The van der Waals surface area contributed by atoms with Crippen LogP contribution >= 0.6 is 0 Å². The minimum absolute atomic E-state index is 0.412. The first kappa shape index (κ1) is 48.9. The average molecular weight is 1010 g/mol. The van der Waals surface area contributed by atoms with E-state index in [1.54, 1.807) is 4.68 Å². The summed E-state index contributed by atoms with van der Waals surface area (Å²) >= 11 is 0. The third-order valence-electron chi connectivity index (χ3n) is 14.4. The summed E-state index contributed by atoms with van der Waals surface area (Å²) in [5, 5.41) is 36.0. The van der Waals surface area contributed by atoms with E-state index >= 15 is 0 Å². The molecule has 4 N–H and O–H groups in total. The molecule has 2 aliphatic rings. The van der Waals surface area contributed by atoms with E-state index in [9.17, 15) is 20.2 Å². The average Bonchev–Trinajstić information content (AvgIpc) is 4.10. The third kappa shape index (κ3) is 8.58. The zero-order chi connectivity index (χ0) is 52.2. The third-order valence-corrected chi connectivity index (χ3v) is 14.4. The molecule has 0 atom stereocenters. The minimum atomic E-state index is -1.06. The Hall–Kier alpha value is -9.38. The maximum Gasteiger partial charge on any atom is 0.348 e. The van der Waals surface area contributed by atoms with Crippen LogP contribution in [0.5, 0.6) is 0 Å². The van der Waals surface area contributed by atoms with Crippen molar-refractivity contribution in [3.63, 3.8) is 0 Å². The molecule has 0 aliphatic carbocycles. The molecule has 0 unspecified atom stereocenters. The maximum atomic E-state index is 12.1. The van der Waals surface area contributed by atoms with Crippen LogP contribution in [-0.2, 0) is 20.6 Å². The van der Waals surface area contributed by atoms with Crippen LogP contribution in [0.1, 0.15) is 33.4 Å². The number of nitrogens with zero attached hydrogens (tertiary/aromatic N) is 8. The molecule has 2 saturated heterocycles. The highest BCUT2D eigenvalue weighted by atomic mass is 16.6. The van der Waals surface area contributed by atoms with Crippen molar-refractivity contribution in [2.45, 2.75) is 11.1 Å². The Kier molecular flexibility index (Phi) is 13.4. The fourth-order valence-electron chi connectivity index (χ4n) is 10.9. The van der Waals surface area contributed by atoms with Gasteiger partial charge < -0.3 is 30.7 Å². The molecule has 0 spiro atoms. The van der Waals surface area contributed by atoms with Gasteiger partial charge in [0.05, 0.1) is 64.1 Å². The van der Waals surface area contributed by atoms with Crippen molar-refractivity contribution in [1.29, 1.82) is 0 Å². The Balaban J connectivity index is 0.000000163. The molecule has 16 heteroatoms. The van der Waals surface area contributed by atoms with Crippen molar-refractivity contribution in [2.24, 2.45) is 0 Å². The van der Waals surface area contributed by atoms with Crippen LogP contribution in [0.25, 0.3) is 21.8 Å². The van der Waals surface area contributed by atoms with E-state index in [2.05, 4.69) is 82.4 Å². The van der Waals surface area contributed by atoms with E-state index in [0.717, 1.165) is 63.2 Å². The van der Waals surface area contributed by atoms with Gasteiger partial charge in [-0.25, -0.2) is 9.36 Å². The first-order chi connectivity index (χ1) is 37.2. The predicted octanol–water partition coefficient (Wildman–Crippen LogP) is 10.4. The summed E-state index contributed by atoms with van der Waals surface area (Å²) in [5.41, 5.74) is 18.2. The van der Waals surface area contributed by atoms with Gasteiger partial charge in [0, 0.05) is 43.7 Å². The molecule has 16 nitrogen and oxygen atoms in total. The van der Waals surface area contributed by atoms with Gasteiger partial charge in [-0.05, 0) is 45.5 Å². The quantitative estimate of drug-likeness (QED) is 0.0509. The van der Waals surface area contributed by atoms with Gasteiger partial charge in [-0.3, -0.25) is 20.2 Å². The topological polar surface area (TPSA) is 199 Å². The Morgan fingerprint density at radius 2 is 0.684 bits per heavy atom. The fourth-order valence-corrected chi connectivity index (χ4v) is 10.9. The van der Waals surface area contributed by atoms with Gasteiger partial charge in [-0.15, -0.1) is 0 Å². The second-order valence-corrected chi connectivity index (χ2v) is 18.7. The molecule has 76 heavy (non-hydrogen) atoms. The van der Waals surface area contributed by atoms with Crippen molar-refractivity contribution in [2.75, 3.05) is 73.9 Å². The first-order valence-electron chi connectivity index (χ1n) is 25.1. The molecule has 2 fully saturated rings. The van der Waals surface area contributed by atoms with Crippen LogP contribution in [-0.4, -0.2) is 82.0 Å². The number of fused-ring (bicyclic) bond motifs is 2. The number of ether oxygens (including phenoxy) is 2. The Morgan fingerprint density at radius 1 is 0.408 bits per heavy atom. The number of nitro benzene ring substituents is 2. The monoisotopic (exact) mass is 1010 g/mol. The molecule has 0 bridgehead atoms. The summed E-state index contributed by atoms with van der Waals surface area (Å²) in [4.78, 5) is 26.9. The van der Waals surface area contributed by atoms with Gasteiger partial charge in [0.1, 0.15) is 11.1 Å². The Bertz CT molecular complexity index is 3450. The lowest BCUT2D eigenvalue weighted by Gasteiger charge is -2.37. The van der Waals surface area contributed by atoms with E-state index < -0.39 is 32.3 Å². The maximum absolute atomic E-state index is 12.1. The number of hydrogen-bond acceptors (Lipinski definition) is 12. The zero-order valence-electron chi connectivity index (χ0n) is 41.5.